The smallest absolute Gasteiger partial charge is 0.171 e. The highest BCUT2D eigenvalue weighted by molar-refractivity contribution is 7.80. The molecule has 0 bridgehead atoms. The Kier molecular flexibility index (Phi) is 6.25. The topological polar surface area (TPSA) is 33.3 Å². The van der Waals surface area contributed by atoms with Crippen molar-refractivity contribution in [2.45, 2.75) is 26.8 Å². The minimum absolute atomic E-state index is 0.0881. The molecule has 0 saturated carbocycles. The van der Waals surface area contributed by atoms with E-state index in [2.05, 4.69) is 17.6 Å². The van der Waals surface area contributed by atoms with E-state index >= 15 is 0 Å². The van der Waals surface area contributed by atoms with E-state index in [0.717, 1.165) is 22.6 Å². The molecule has 2 aromatic rings. The summed E-state index contributed by atoms with van der Waals surface area (Å²) in [7, 11) is 0. The molecule has 1 atom stereocenters. The molecule has 0 heterocycles. The molecule has 0 aliphatic carbocycles. The summed E-state index contributed by atoms with van der Waals surface area (Å²) in [6.07, 6.45) is 0. The van der Waals surface area contributed by atoms with Crippen LogP contribution >= 0.6 is 23.8 Å². The molecular formula is C18H21ClN2OS. The first kappa shape index (κ1) is 17.6. The third-order valence-corrected chi connectivity index (χ3v) is 3.94. The van der Waals surface area contributed by atoms with Crippen molar-refractivity contribution in [2.24, 2.45) is 0 Å². The molecule has 0 radical (unpaired) electrons. The maximum absolute atomic E-state index is 6.03. The van der Waals surface area contributed by atoms with Gasteiger partial charge in [0, 0.05) is 10.7 Å². The van der Waals surface area contributed by atoms with Crippen molar-refractivity contribution < 1.29 is 4.74 Å². The van der Waals surface area contributed by atoms with Gasteiger partial charge < -0.3 is 15.4 Å². The standard InChI is InChI=1S/C18H21ClN2OS/c1-4-22-16-9-6-14(7-10-16)13(3)20-18(23)21-17-11-15(19)8-5-12(17)2/h5-11,13H,4H2,1-3H3,(H2,20,21,23). The molecule has 2 aromatic carbocycles. The van der Waals surface area contributed by atoms with Crippen molar-refractivity contribution in [3.8, 4) is 5.75 Å². The molecule has 23 heavy (non-hydrogen) atoms. The first-order chi connectivity index (χ1) is 11.0. The van der Waals surface area contributed by atoms with Gasteiger partial charge >= 0.3 is 0 Å². The Labute approximate surface area is 148 Å². The van der Waals surface area contributed by atoms with Gasteiger partial charge in [0.15, 0.2) is 5.11 Å². The van der Waals surface area contributed by atoms with Crippen molar-refractivity contribution in [3.05, 3.63) is 58.6 Å². The first-order valence-electron chi connectivity index (χ1n) is 7.56. The molecule has 0 fully saturated rings. The van der Waals surface area contributed by atoms with Gasteiger partial charge in [-0.1, -0.05) is 29.8 Å². The third-order valence-electron chi connectivity index (χ3n) is 3.49. The molecule has 0 saturated heterocycles. The predicted molar refractivity (Wildman–Crippen MR) is 102 cm³/mol. The van der Waals surface area contributed by atoms with Crippen LogP contribution in [-0.4, -0.2) is 11.7 Å². The maximum Gasteiger partial charge on any atom is 0.171 e. The average molecular weight is 349 g/mol. The molecule has 2 N–H and O–H groups in total. The minimum atomic E-state index is 0.0881. The van der Waals surface area contributed by atoms with Crippen molar-refractivity contribution in [3.63, 3.8) is 0 Å². The summed E-state index contributed by atoms with van der Waals surface area (Å²) in [6, 6.07) is 13.8. The van der Waals surface area contributed by atoms with E-state index in [9.17, 15) is 0 Å². The Hall–Kier alpha value is -1.78. The van der Waals surface area contributed by atoms with Crippen molar-refractivity contribution in [1.82, 2.24) is 5.32 Å². The van der Waals surface area contributed by atoms with Crippen LogP contribution in [0.5, 0.6) is 5.75 Å². The van der Waals surface area contributed by atoms with Gasteiger partial charge in [0.05, 0.1) is 12.6 Å². The number of anilines is 1. The second-order valence-corrected chi connectivity index (χ2v) is 6.13. The molecule has 0 aromatic heterocycles. The first-order valence-corrected chi connectivity index (χ1v) is 8.34. The zero-order valence-electron chi connectivity index (χ0n) is 13.5. The Morgan fingerprint density at radius 3 is 2.57 bits per heavy atom. The summed E-state index contributed by atoms with van der Waals surface area (Å²) in [6.45, 7) is 6.71. The van der Waals surface area contributed by atoms with Gasteiger partial charge in [-0.25, -0.2) is 0 Å². The number of benzene rings is 2. The molecule has 1 unspecified atom stereocenters. The predicted octanol–water partition coefficient (Wildman–Crippen LogP) is 5.09. The molecule has 0 amide bonds. The van der Waals surface area contributed by atoms with E-state index in [4.69, 9.17) is 28.6 Å². The summed E-state index contributed by atoms with van der Waals surface area (Å²) in [5, 5.41) is 7.72. The number of halogens is 1. The van der Waals surface area contributed by atoms with Crippen LogP contribution in [0.25, 0.3) is 0 Å². The summed E-state index contributed by atoms with van der Waals surface area (Å²) < 4.78 is 5.45. The second-order valence-electron chi connectivity index (χ2n) is 5.28. The molecule has 0 spiro atoms. The fourth-order valence-corrected chi connectivity index (χ4v) is 2.65. The summed E-state index contributed by atoms with van der Waals surface area (Å²) in [4.78, 5) is 0. The summed E-state index contributed by atoms with van der Waals surface area (Å²) in [5.74, 6) is 0.874. The van der Waals surface area contributed by atoms with Gasteiger partial charge in [-0.05, 0) is 68.4 Å². The van der Waals surface area contributed by atoms with Crippen molar-refractivity contribution >= 4 is 34.6 Å². The summed E-state index contributed by atoms with van der Waals surface area (Å²) in [5.41, 5.74) is 3.14. The van der Waals surface area contributed by atoms with Gasteiger partial charge in [-0.2, -0.15) is 0 Å². The van der Waals surface area contributed by atoms with Gasteiger partial charge in [0.1, 0.15) is 5.75 Å². The van der Waals surface area contributed by atoms with E-state index in [0.29, 0.717) is 16.7 Å². The van der Waals surface area contributed by atoms with Crippen LogP contribution in [0.1, 0.15) is 31.0 Å². The molecule has 3 nitrogen and oxygen atoms in total. The quantitative estimate of drug-likeness (QED) is 0.737. The zero-order valence-corrected chi connectivity index (χ0v) is 15.1. The van der Waals surface area contributed by atoms with Crippen LogP contribution in [0.4, 0.5) is 5.69 Å². The molecule has 0 aliphatic rings. The van der Waals surface area contributed by atoms with Crippen LogP contribution in [-0.2, 0) is 0 Å². The molecule has 122 valence electrons. The fourth-order valence-electron chi connectivity index (χ4n) is 2.19. The van der Waals surface area contributed by atoms with E-state index in [1.165, 1.54) is 0 Å². The van der Waals surface area contributed by atoms with Gasteiger partial charge in [0.2, 0.25) is 0 Å². The molecule has 0 aliphatic heterocycles. The Balaban J connectivity index is 1.97. The van der Waals surface area contributed by atoms with Gasteiger partial charge in [-0.15, -0.1) is 0 Å². The van der Waals surface area contributed by atoms with E-state index in [1.807, 2.05) is 56.3 Å². The number of nitrogens with one attached hydrogen (secondary N) is 2. The minimum Gasteiger partial charge on any atom is -0.494 e. The lowest BCUT2D eigenvalue weighted by Crippen LogP contribution is -2.31. The number of thiocarbonyl (C=S) groups is 1. The van der Waals surface area contributed by atoms with E-state index in [-0.39, 0.29) is 6.04 Å². The van der Waals surface area contributed by atoms with E-state index < -0.39 is 0 Å². The number of hydrogen-bond acceptors (Lipinski definition) is 2. The largest absolute Gasteiger partial charge is 0.494 e. The normalized spacial score (nSPS) is 11.7. The third kappa shape index (κ3) is 5.12. The highest BCUT2D eigenvalue weighted by Gasteiger charge is 2.08. The molecular weight excluding hydrogens is 328 g/mol. The van der Waals surface area contributed by atoms with Crippen molar-refractivity contribution in [2.75, 3.05) is 11.9 Å². The molecule has 2 rings (SSSR count). The highest BCUT2D eigenvalue weighted by atomic mass is 35.5. The van der Waals surface area contributed by atoms with Crippen LogP contribution in [0.2, 0.25) is 5.02 Å². The van der Waals surface area contributed by atoms with Crippen LogP contribution in [0.3, 0.4) is 0 Å². The maximum atomic E-state index is 6.03. The highest BCUT2D eigenvalue weighted by Crippen LogP contribution is 2.21. The van der Waals surface area contributed by atoms with Crippen LogP contribution in [0, 0.1) is 6.92 Å². The number of hydrogen-bond donors (Lipinski definition) is 2. The Morgan fingerprint density at radius 2 is 1.91 bits per heavy atom. The lowest BCUT2D eigenvalue weighted by Gasteiger charge is -2.18. The number of rotatable bonds is 5. The Morgan fingerprint density at radius 1 is 1.22 bits per heavy atom. The lowest BCUT2D eigenvalue weighted by atomic mass is 10.1. The van der Waals surface area contributed by atoms with Gasteiger partial charge in [0.25, 0.3) is 0 Å². The monoisotopic (exact) mass is 348 g/mol. The van der Waals surface area contributed by atoms with Crippen molar-refractivity contribution in [1.29, 1.82) is 0 Å². The second kappa shape index (κ2) is 8.18. The number of ether oxygens (including phenoxy) is 1. The van der Waals surface area contributed by atoms with Gasteiger partial charge in [-0.3, -0.25) is 0 Å². The Bertz CT molecular complexity index is 673. The van der Waals surface area contributed by atoms with Crippen LogP contribution in [0.15, 0.2) is 42.5 Å². The van der Waals surface area contributed by atoms with Crippen LogP contribution < -0.4 is 15.4 Å². The SMILES string of the molecule is CCOc1ccc(C(C)NC(=S)Nc2cc(Cl)ccc2C)cc1. The summed E-state index contributed by atoms with van der Waals surface area (Å²) >= 11 is 11.4. The zero-order chi connectivity index (χ0) is 16.8. The fraction of sp³-hybridized carbons (Fsp3) is 0.278. The number of aryl methyl sites for hydroxylation is 1. The van der Waals surface area contributed by atoms with E-state index in [1.54, 1.807) is 0 Å². The molecule has 5 heteroatoms. The average Bonchev–Trinajstić information content (AvgIpc) is 2.52. The lowest BCUT2D eigenvalue weighted by molar-refractivity contribution is 0.340.